The molecule has 3 N–H and O–H groups in total. The van der Waals surface area contributed by atoms with Gasteiger partial charge in [-0.15, -0.1) is 0 Å². The van der Waals surface area contributed by atoms with Gasteiger partial charge in [-0.1, -0.05) is 30.7 Å². The molecule has 0 spiro atoms. The quantitative estimate of drug-likeness (QED) is 0.173. The molecule has 2 aromatic heterocycles. The van der Waals surface area contributed by atoms with Gasteiger partial charge in [0.2, 0.25) is 11.8 Å². The third-order valence-corrected chi connectivity index (χ3v) is 9.53. The normalized spacial score (nSPS) is 16.9. The van der Waals surface area contributed by atoms with E-state index >= 15 is 0 Å². The number of sulfonamides is 1. The number of pyridine rings is 1. The summed E-state index contributed by atoms with van der Waals surface area (Å²) in [6.07, 6.45) is 5.55. The van der Waals surface area contributed by atoms with Crippen molar-refractivity contribution in [3.05, 3.63) is 65.3 Å². The Morgan fingerprint density at radius 2 is 1.72 bits per heavy atom. The smallest absolute Gasteiger partial charge is 0.407 e. The van der Waals surface area contributed by atoms with E-state index in [1.54, 1.807) is 30.5 Å². The number of rotatable bonds is 9. The molecule has 0 bridgehead atoms. The molecule has 0 radical (unpaired) electrons. The highest BCUT2D eigenvalue weighted by atomic mass is 35.5. The third-order valence-electron chi connectivity index (χ3n) is 7.68. The molecular formula is C33H39ClN6O5S. The Bertz CT molecular complexity index is 1840. The minimum atomic E-state index is -3.96. The number of anilines is 2. The molecule has 244 valence electrons. The predicted octanol–water partition coefficient (Wildman–Crippen LogP) is 6.96. The van der Waals surface area contributed by atoms with E-state index in [0.717, 1.165) is 54.1 Å². The van der Waals surface area contributed by atoms with Crippen molar-refractivity contribution >= 4 is 50.4 Å². The first-order chi connectivity index (χ1) is 21.8. The van der Waals surface area contributed by atoms with Gasteiger partial charge in [0.15, 0.2) is 0 Å². The van der Waals surface area contributed by atoms with Gasteiger partial charge < -0.3 is 20.1 Å². The van der Waals surface area contributed by atoms with Crippen LogP contribution >= 0.6 is 11.6 Å². The van der Waals surface area contributed by atoms with Crippen molar-refractivity contribution in [1.29, 1.82) is 0 Å². The number of nitrogens with one attached hydrogen (secondary N) is 3. The second-order valence-corrected chi connectivity index (χ2v) is 14.3. The fourth-order valence-electron chi connectivity index (χ4n) is 5.49. The van der Waals surface area contributed by atoms with Gasteiger partial charge in [-0.25, -0.2) is 23.2 Å². The number of halogens is 1. The first-order valence-corrected chi connectivity index (χ1v) is 17.1. The fraction of sp³-hybridized carbons (Fsp3) is 0.394. The van der Waals surface area contributed by atoms with Crippen molar-refractivity contribution in [3.8, 4) is 17.0 Å². The van der Waals surface area contributed by atoms with E-state index in [0.29, 0.717) is 11.5 Å². The molecule has 11 nitrogen and oxygen atoms in total. The van der Waals surface area contributed by atoms with Crippen LogP contribution in [-0.2, 0) is 21.2 Å². The minimum Gasteiger partial charge on any atom is -0.480 e. The molecule has 1 amide bonds. The lowest BCUT2D eigenvalue weighted by molar-refractivity contribution is 0.0492. The number of aryl methyl sites for hydroxylation is 1. The summed E-state index contributed by atoms with van der Waals surface area (Å²) in [5.74, 6) is 0.928. The summed E-state index contributed by atoms with van der Waals surface area (Å²) in [6.45, 7) is 7.61. The molecule has 1 aliphatic carbocycles. The Morgan fingerprint density at radius 3 is 2.39 bits per heavy atom. The molecule has 0 saturated heterocycles. The van der Waals surface area contributed by atoms with Crippen molar-refractivity contribution in [2.75, 3.05) is 17.1 Å². The monoisotopic (exact) mass is 666 g/mol. The molecule has 0 unspecified atom stereocenters. The lowest BCUT2D eigenvalue weighted by atomic mass is 9.91. The highest BCUT2D eigenvalue weighted by Gasteiger charge is 2.25. The Labute approximate surface area is 274 Å². The summed E-state index contributed by atoms with van der Waals surface area (Å²) in [5.41, 5.74) is 2.90. The summed E-state index contributed by atoms with van der Waals surface area (Å²) in [7, 11) is -2.47. The molecule has 1 saturated carbocycles. The van der Waals surface area contributed by atoms with Crippen LogP contribution in [0.4, 0.5) is 16.6 Å². The van der Waals surface area contributed by atoms with Crippen molar-refractivity contribution < 1.29 is 22.7 Å². The SMILES string of the molecule is CCc1cc2nc(NC3CCC(NC(=O)OC(C)(C)C)CC3)ncc2cc1-c1ccc(NS(=O)(=O)c2ccccc2Cl)nc1OC. The number of fused-ring (bicyclic) bond motifs is 1. The van der Waals surface area contributed by atoms with Crippen molar-refractivity contribution in [2.24, 2.45) is 0 Å². The lowest BCUT2D eigenvalue weighted by Gasteiger charge is -2.30. The first-order valence-electron chi connectivity index (χ1n) is 15.2. The second kappa shape index (κ2) is 13.7. The summed E-state index contributed by atoms with van der Waals surface area (Å²) < 4.78 is 39.4. The largest absolute Gasteiger partial charge is 0.480 e. The number of hydrogen-bond acceptors (Lipinski definition) is 9. The molecule has 1 aliphatic rings. The Kier molecular flexibility index (Phi) is 9.88. The highest BCUT2D eigenvalue weighted by molar-refractivity contribution is 7.92. The molecular weight excluding hydrogens is 628 g/mol. The van der Waals surface area contributed by atoms with E-state index in [1.807, 2.05) is 32.9 Å². The number of carbonyl (C=O) groups excluding carboxylic acids is 1. The van der Waals surface area contributed by atoms with Gasteiger partial charge in [-0.3, -0.25) is 4.72 Å². The molecule has 1 fully saturated rings. The molecule has 2 heterocycles. The second-order valence-electron chi connectivity index (χ2n) is 12.2. The molecule has 13 heteroatoms. The molecule has 5 rings (SSSR count). The Hall–Kier alpha value is -4.16. The maximum atomic E-state index is 13.0. The first kappa shape index (κ1) is 33.2. The number of amides is 1. The van der Waals surface area contributed by atoms with E-state index in [-0.39, 0.29) is 39.8 Å². The van der Waals surface area contributed by atoms with Crippen LogP contribution in [0.15, 0.2) is 59.6 Å². The molecule has 2 aromatic carbocycles. The number of nitrogens with zero attached hydrogens (tertiary/aromatic N) is 3. The summed E-state index contributed by atoms with van der Waals surface area (Å²) in [5, 5.41) is 7.40. The van der Waals surface area contributed by atoms with Crippen molar-refractivity contribution in [3.63, 3.8) is 0 Å². The minimum absolute atomic E-state index is 0.0407. The average molecular weight is 667 g/mol. The molecule has 46 heavy (non-hydrogen) atoms. The van der Waals surface area contributed by atoms with E-state index in [4.69, 9.17) is 26.1 Å². The van der Waals surface area contributed by atoms with Gasteiger partial charge in [-0.2, -0.15) is 4.98 Å². The Balaban J connectivity index is 1.31. The van der Waals surface area contributed by atoms with Gasteiger partial charge in [-0.05, 0) is 100 Å². The fourth-order valence-corrected chi connectivity index (χ4v) is 7.01. The van der Waals surface area contributed by atoms with E-state index < -0.39 is 15.6 Å². The maximum Gasteiger partial charge on any atom is 0.407 e. The van der Waals surface area contributed by atoms with Crippen LogP contribution < -0.4 is 20.1 Å². The van der Waals surface area contributed by atoms with E-state index in [2.05, 4.69) is 32.2 Å². The van der Waals surface area contributed by atoms with Crippen LogP contribution in [0.25, 0.3) is 22.0 Å². The maximum absolute atomic E-state index is 13.0. The number of carbonyl (C=O) groups is 1. The number of benzene rings is 2. The van der Waals surface area contributed by atoms with E-state index in [9.17, 15) is 13.2 Å². The number of methoxy groups -OCH3 is 1. The topological polar surface area (TPSA) is 144 Å². The number of ether oxygens (including phenoxy) is 2. The van der Waals surface area contributed by atoms with Crippen LogP contribution in [0.2, 0.25) is 5.02 Å². The summed E-state index contributed by atoms with van der Waals surface area (Å²) in [4.78, 5) is 25.9. The van der Waals surface area contributed by atoms with Crippen LogP contribution in [-0.4, -0.2) is 54.3 Å². The van der Waals surface area contributed by atoms with Crippen LogP contribution in [0, 0.1) is 0 Å². The highest BCUT2D eigenvalue weighted by Crippen LogP contribution is 2.36. The third kappa shape index (κ3) is 7.97. The summed E-state index contributed by atoms with van der Waals surface area (Å²) >= 11 is 6.12. The van der Waals surface area contributed by atoms with Crippen molar-refractivity contribution in [1.82, 2.24) is 20.3 Å². The predicted molar refractivity (Wildman–Crippen MR) is 180 cm³/mol. The zero-order valence-corrected chi connectivity index (χ0v) is 28.1. The number of aromatic nitrogens is 3. The number of alkyl carbamates (subject to hydrolysis) is 1. The van der Waals surface area contributed by atoms with Gasteiger partial charge >= 0.3 is 6.09 Å². The standard InChI is InChI=1S/C33H39ClN6O5S/c1-6-20-18-27-21(19-35-31(38-27)36-22-11-13-23(14-12-22)37-32(41)45-33(2,3)4)17-25(20)24-15-16-29(39-30(24)44-5)40-46(42,43)28-10-8-7-9-26(28)34/h7-10,15-19,22-23H,6,11-14H2,1-5H3,(H,37,41)(H,39,40)(H,35,36,38). The van der Waals surface area contributed by atoms with Crippen LogP contribution in [0.5, 0.6) is 5.88 Å². The zero-order valence-electron chi connectivity index (χ0n) is 26.6. The van der Waals surface area contributed by atoms with E-state index in [1.165, 1.54) is 19.2 Å². The molecule has 0 atom stereocenters. The number of hydrogen-bond donors (Lipinski definition) is 3. The molecule has 4 aromatic rings. The average Bonchev–Trinajstić information content (AvgIpc) is 3.00. The van der Waals surface area contributed by atoms with Gasteiger partial charge in [0.05, 0.1) is 17.6 Å². The van der Waals surface area contributed by atoms with Crippen LogP contribution in [0.3, 0.4) is 0 Å². The lowest BCUT2D eigenvalue weighted by Crippen LogP contribution is -2.42. The van der Waals surface area contributed by atoms with Crippen molar-refractivity contribution in [2.45, 2.75) is 82.4 Å². The van der Waals surface area contributed by atoms with Crippen LogP contribution in [0.1, 0.15) is 58.9 Å². The van der Waals surface area contributed by atoms with Gasteiger partial charge in [0.25, 0.3) is 10.0 Å². The zero-order chi connectivity index (χ0) is 33.1. The molecule has 0 aliphatic heterocycles. The van der Waals surface area contributed by atoms with Gasteiger partial charge in [0, 0.05) is 29.2 Å². The Morgan fingerprint density at radius 1 is 1.00 bits per heavy atom. The summed E-state index contributed by atoms with van der Waals surface area (Å²) in [6, 6.07) is 13.9. The van der Waals surface area contributed by atoms with Gasteiger partial charge in [0.1, 0.15) is 16.3 Å².